The molecule has 0 radical (unpaired) electrons. The molecule has 1 aliphatic heterocycles. The molecule has 0 spiro atoms. The van der Waals surface area contributed by atoms with Crippen LogP contribution >= 0.6 is 22.7 Å². The maximum absolute atomic E-state index is 13.9. The summed E-state index contributed by atoms with van der Waals surface area (Å²) in [6, 6.07) is 22.3. The third kappa shape index (κ3) is 4.99. The standard InChI is InChI=1S/C31H22N2O6S2/c1-2-38-30(37)25-26(19-7-4-3-5-8-19)32-31-33(27(25)23-9-6-16-40-23)28(34)24(41-31)17-21-14-15-22(39-21)18-10-12-20(13-11-18)29(35)36/h3-17,27H,2H2,1H3,(H,35,36)/b24-17-/t27-/m1/s1. The number of carbonyl (C=O) groups excluding carboxylic acids is 1. The van der Waals surface area contributed by atoms with E-state index in [1.54, 1.807) is 41.8 Å². The Morgan fingerprint density at radius 3 is 2.49 bits per heavy atom. The molecule has 10 heteroatoms. The molecule has 1 aliphatic rings. The summed E-state index contributed by atoms with van der Waals surface area (Å²) >= 11 is 2.67. The Bertz CT molecular complexity index is 1960. The first-order chi connectivity index (χ1) is 19.9. The lowest BCUT2D eigenvalue weighted by Crippen LogP contribution is -2.39. The van der Waals surface area contributed by atoms with Gasteiger partial charge in [0, 0.05) is 22.1 Å². The number of thiazole rings is 1. The van der Waals surface area contributed by atoms with Gasteiger partial charge in [-0.05, 0) is 42.6 Å². The van der Waals surface area contributed by atoms with Gasteiger partial charge in [0.1, 0.15) is 17.6 Å². The van der Waals surface area contributed by atoms with Crippen LogP contribution in [0.5, 0.6) is 0 Å². The van der Waals surface area contributed by atoms with Crippen molar-refractivity contribution in [1.29, 1.82) is 0 Å². The average molecular weight is 583 g/mol. The average Bonchev–Trinajstić information content (AvgIpc) is 3.75. The van der Waals surface area contributed by atoms with Crippen molar-refractivity contribution in [3.05, 3.63) is 131 Å². The van der Waals surface area contributed by atoms with Gasteiger partial charge in [0.2, 0.25) is 0 Å². The number of carboxylic acids is 1. The number of benzene rings is 2. The molecule has 0 amide bonds. The van der Waals surface area contributed by atoms with Crippen molar-refractivity contribution in [2.24, 2.45) is 4.99 Å². The fourth-order valence-electron chi connectivity index (χ4n) is 4.65. The second-order valence-corrected chi connectivity index (χ2v) is 11.0. The number of hydrogen-bond donors (Lipinski definition) is 1. The Hall–Kier alpha value is -4.80. The summed E-state index contributed by atoms with van der Waals surface area (Å²) in [7, 11) is 0. The van der Waals surface area contributed by atoms with Gasteiger partial charge in [-0.15, -0.1) is 11.3 Å². The third-order valence-corrected chi connectivity index (χ3v) is 8.41. The quantitative estimate of drug-likeness (QED) is 0.272. The van der Waals surface area contributed by atoms with Gasteiger partial charge in [-0.2, -0.15) is 0 Å². The van der Waals surface area contributed by atoms with E-state index >= 15 is 0 Å². The number of ether oxygens (including phenoxy) is 1. The van der Waals surface area contributed by atoms with Crippen molar-refractivity contribution >= 4 is 46.4 Å². The lowest BCUT2D eigenvalue weighted by atomic mass is 9.97. The molecule has 4 heterocycles. The van der Waals surface area contributed by atoms with E-state index in [2.05, 4.69) is 0 Å². The fourth-order valence-corrected chi connectivity index (χ4v) is 6.45. The Morgan fingerprint density at radius 1 is 1.02 bits per heavy atom. The number of aromatic carboxylic acids is 1. The summed E-state index contributed by atoms with van der Waals surface area (Å²) in [4.78, 5) is 44.6. The van der Waals surface area contributed by atoms with Crippen molar-refractivity contribution in [3.8, 4) is 11.3 Å². The SMILES string of the molecule is CCOC(=O)C1=C(c2ccccc2)N=c2s/c(=C\c3ccc(-c4ccc(C(=O)O)cc4)o3)c(=O)n2[C@@H]1c1cccs1. The minimum atomic E-state index is -1.01. The van der Waals surface area contributed by atoms with Gasteiger partial charge in [0.25, 0.3) is 5.56 Å². The number of esters is 1. The minimum Gasteiger partial charge on any atom is -0.478 e. The number of nitrogens with zero attached hydrogens (tertiary/aromatic N) is 2. The zero-order valence-electron chi connectivity index (χ0n) is 21.6. The number of hydrogen-bond acceptors (Lipinski definition) is 8. The first kappa shape index (κ1) is 26.4. The maximum Gasteiger partial charge on any atom is 0.338 e. The summed E-state index contributed by atoms with van der Waals surface area (Å²) in [6.45, 7) is 1.93. The summed E-state index contributed by atoms with van der Waals surface area (Å²) in [5.74, 6) is -0.539. The van der Waals surface area contributed by atoms with Crippen LogP contribution in [0.15, 0.2) is 104 Å². The molecule has 204 valence electrons. The first-order valence-electron chi connectivity index (χ1n) is 12.7. The first-order valence-corrected chi connectivity index (χ1v) is 14.4. The van der Waals surface area contributed by atoms with Crippen molar-refractivity contribution < 1.29 is 23.8 Å². The number of furan rings is 1. The van der Waals surface area contributed by atoms with Gasteiger partial charge in [-0.1, -0.05) is 59.9 Å². The topological polar surface area (TPSA) is 111 Å². The summed E-state index contributed by atoms with van der Waals surface area (Å²) in [5, 5.41) is 11.1. The molecule has 0 saturated heterocycles. The largest absolute Gasteiger partial charge is 0.478 e. The Labute approximate surface area is 241 Å². The zero-order chi connectivity index (χ0) is 28.5. The van der Waals surface area contributed by atoms with Crippen LogP contribution < -0.4 is 14.9 Å². The highest BCUT2D eigenvalue weighted by Crippen LogP contribution is 2.36. The Balaban J connectivity index is 1.50. The number of fused-ring (bicyclic) bond motifs is 1. The summed E-state index contributed by atoms with van der Waals surface area (Å²) in [6.07, 6.45) is 1.65. The van der Waals surface area contributed by atoms with Crippen molar-refractivity contribution in [2.75, 3.05) is 6.61 Å². The predicted molar refractivity (Wildman–Crippen MR) is 156 cm³/mol. The molecule has 1 atom stereocenters. The Kier molecular flexibility index (Phi) is 7.08. The monoisotopic (exact) mass is 582 g/mol. The van der Waals surface area contributed by atoms with Crippen LogP contribution in [0.2, 0.25) is 0 Å². The van der Waals surface area contributed by atoms with Crippen LogP contribution in [-0.2, 0) is 9.53 Å². The lowest BCUT2D eigenvalue weighted by Gasteiger charge is -2.24. The number of aromatic nitrogens is 1. The van der Waals surface area contributed by atoms with Gasteiger partial charge < -0.3 is 14.3 Å². The van der Waals surface area contributed by atoms with Gasteiger partial charge in [0.05, 0.1) is 28.0 Å². The number of rotatable bonds is 7. The van der Waals surface area contributed by atoms with E-state index in [0.717, 1.165) is 10.4 Å². The molecular formula is C31H22N2O6S2. The van der Waals surface area contributed by atoms with Gasteiger partial charge in [-0.3, -0.25) is 9.36 Å². The van der Waals surface area contributed by atoms with Crippen LogP contribution in [0.1, 0.15) is 39.5 Å². The predicted octanol–water partition coefficient (Wildman–Crippen LogP) is 4.96. The van der Waals surface area contributed by atoms with Crippen LogP contribution in [0.25, 0.3) is 23.1 Å². The number of thiophene rings is 1. The summed E-state index contributed by atoms with van der Waals surface area (Å²) in [5.41, 5.74) is 2.12. The molecule has 5 aromatic rings. The molecule has 0 bridgehead atoms. The van der Waals surface area contributed by atoms with Crippen LogP contribution in [-0.4, -0.2) is 28.2 Å². The second kappa shape index (κ2) is 11.0. The fraction of sp³-hybridized carbons (Fsp3) is 0.0968. The van der Waals surface area contributed by atoms with Crippen molar-refractivity contribution in [1.82, 2.24) is 4.57 Å². The number of carboxylic acid groups (broad SMARTS) is 1. The van der Waals surface area contributed by atoms with Gasteiger partial charge >= 0.3 is 11.9 Å². The lowest BCUT2D eigenvalue weighted by molar-refractivity contribution is -0.138. The van der Waals surface area contributed by atoms with Crippen molar-refractivity contribution in [2.45, 2.75) is 13.0 Å². The molecule has 0 saturated carbocycles. The Morgan fingerprint density at radius 2 is 1.80 bits per heavy atom. The molecule has 6 rings (SSSR count). The van der Waals surface area contributed by atoms with E-state index < -0.39 is 18.0 Å². The van der Waals surface area contributed by atoms with Crippen LogP contribution in [0.3, 0.4) is 0 Å². The number of carbonyl (C=O) groups is 2. The molecular weight excluding hydrogens is 560 g/mol. The normalized spacial score (nSPS) is 15.0. The van der Waals surface area contributed by atoms with E-state index in [-0.39, 0.29) is 17.7 Å². The molecule has 41 heavy (non-hydrogen) atoms. The molecule has 0 fully saturated rings. The maximum atomic E-state index is 13.9. The molecule has 8 nitrogen and oxygen atoms in total. The smallest absolute Gasteiger partial charge is 0.338 e. The zero-order valence-corrected chi connectivity index (χ0v) is 23.3. The second-order valence-electron chi connectivity index (χ2n) is 9.03. The van der Waals surface area contributed by atoms with Gasteiger partial charge in [0.15, 0.2) is 4.80 Å². The van der Waals surface area contributed by atoms with Gasteiger partial charge in [-0.25, -0.2) is 14.6 Å². The van der Waals surface area contributed by atoms with Crippen LogP contribution in [0, 0.1) is 0 Å². The van der Waals surface area contributed by atoms with Crippen molar-refractivity contribution in [3.63, 3.8) is 0 Å². The minimum absolute atomic E-state index is 0.180. The van der Waals surface area contributed by atoms with E-state index in [4.69, 9.17) is 19.3 Å². The molecule has 0 unspecified atom stereocenters. The van der Waals surface area contributed by atoms with E-state index in [0.29, 0.717) is 37.7 Å². The molecule has 0 aliphatic carbocycles. The molecule has 2 aromatic carbocycles. The third-order valence-electron chi connectivity index (χ3n) is 6.50. The van der Waals surface area contributed by atoms with E-state index in [1.165, 1.54) is 34.8 Å². The van der Waals surface area contributed by atoms with E-state index in [9.17, 15) is 14.4 Å². The highest BCUT2D eigenvalue weighted by molar-refractivity contribution is 7.10. The molecule has 3 aromatic heterocycles. The van der Waals surface area contributed by atoms with E-state index in [1.807, 2.05) is 47.8 Å². The summed E-state index contributed by atoms with van der Waals surface area (Å²) < 4.78 is 13.4. The highest BCUT2D eigenvalue weighted by Gasteiger charge is 2.35. The molecule has 1 N–H and O–H groups in total. The highest BCUT2D eigenvalue weighted by atomic mass is 32.1. The van der Waals surface area contributed by atoms with Crippen LogP contribution in [0.4, 0.5) is 0 Å².